The summed E-state index contributed by atoms with van der Waals surface area (Å²) < 4.78 is 0. The van der Waals surface area contributed by atoms with Crippen LogP contribution in [0, 0.1) is 5.92 Å². The fourth-order valence-corrected chi connectivity index (χ4v) is 4.41. The summed E-state index contributed by atoms with van der Waals surface area (Å²) in [5, 5.41) is 1.91. The van der Waals surface area contributed by atoms with Gasteiger partial charge in [0.2, 0.25) is 5.91 Å². The van der Waals surface area contributed by atoms with Crippen molar-refractivity contribution >= 4 is 29.1 Å². The van der Waals surface area contributed by atoms with Gasteiger partial charge in [0.05, 0.1) is 4.88 Å². The Hall–Kier alpha value is -2.67. The second kappa shape index (κ2) is 9.89. The molecule has 1 aromatic heterocycles. The summed E-state index contributed by atoms with van der Waals surface area (Å²) in [6.45, 7) is 4.38. The van der Waals surface area contributed by atoms with Crippen molar-refractivity contribution in [1.29, 1.82) is 0 Å². The van der Waals surface area contributed by atoms with Crippen molar-refractivity contribution in [2.24, 2.45) is 5.92 Å². The molecule has 0 unspecified atom stereocenters. The van der Waals surface area contributed by atoms with Gasteiger partial charge < -0.3 is 14.7 Å². The Bertz CT molecular complexity index is 870. The Morgan fingerprint density at radius 3 is 2.27 bits per heavy atom. The highest BCUT2D eigenvalue weighted by Gasteiger charge is 2.30. The van der Waals surface area contributed by atoms with Crippen LogP contribution in [0.3, 0.4) is 0 Å². The van der Waals surface area contributed by atoms with Crippen molar-refractivity contribution < 1.29 is 14.4 Å². The van der Waals surface area contributed by atoms with Gasteiger partial charge in [-0.15, -0.1) is 11.3 Å². The predicted molar refractivity (Wildman–Crippen MR) is 118 cm³/mol. The van der Waals surface area contributed by atoms with Crippen LogP contribution in [0.5, 0.6) is 0 Å². The molecule has 3 amide bonds. The molecule has 160 valence electrons. The van der Waals surface area contributed by atoms with Crippen molar-refractivity contribution in [2.45, 2.75) is 26.3 Å². The number of benzene rings is 1. The molecule has 0 spiro atoms. The minimum absolute atomic E-state index is 0.0335. The Morgan fingerprint density at radius 1 is 1.07 bits per heavy atom. The van der Waals surface area contributed by atoms with Crippen molar-refractivity contribution in [3.8, 4) is 0 Å². The third-order valence-corrected chi connectivity index (χ3v) is 6.40. The first-order valence-corrected chi connectivity index (χ1v) is 11.2. The van der Waals surface area contributed by atoms with Crippen LogP contribution in [0.1, 0.15) is 45.4 Å². The van der Waals surface area contributed by atoms with Crippen LogP contribution in [0.25, 0.3) is 0 Å². The Balaban J connectivity index is 1.56. The number of hydrogen-bond acceptors (Lipinski definition) is 4. The van der Waals surface area contributed by atoms with Crippen LogP contribution >= 0.6 is 11.3 Å². The molecule has 0 atom stereocenters. The quantitative estimate of drug-likeness (QED) is 0.710. The van der Waals surface area contributed by atoms with Gasteiger partial charge in [-0.05, 0) is 48.9 Å². The maximum Gasteiger partial charge on any atom is 0.263 e. The Morgan fingerprint density at radius 2 is 1.73 bits per heavy atom. The predicted octanol–water partition coefficient (Wildman–Crippen LogP) is 3.35. The molecule has 1 aliphatic heterocycles. The zero-order valence-corrected chi connectivity index (χ0v) is 18.7. The minimum atomic E-state index is -0.0491. The third-order valence-electron chi connectivity index (χ3n) is 5.54. The summed E-state index contributed by atoms with van der Waals surface area (Å²) in [7, 11) is 3.46. The van der Waals surface area contributed by atoms with E-state index >= 15 is 0 Å². The van der Waals surface area contributed by atoms with E-state index in [1.54, 1.807) is 19.0 Å². The van der Waals surface area contributed by atoms with Gasteiger partial charge >= 0.3 is 0 Å². The number of nitrogens with zero attached hydrogens (tertiary/aromatic N) is 3. The number of rotatable bonds is 6. The van der Waals surface area contributed by atoms with Gasteiger partial charge in [-0.3, -0.25) is 14.4 Å². The van der Waals surface area contributed by atoms with Crippen LogP contribution in [0.15, 0.2) is 41.8 Å². The van der Waals surface area contributed by atoms with E-state index in [4.69, 9.17) is 0 Å². The molecule has 30 heavy (non-hydrogen) atoms. The summed E-state index contributed by atoms with van der Waals surface area (Å²) in [5.74, 6) is 0.130. The monoisotopic (exact) mass is 427 g/mol. The van der Waals surface area contributed by atoms with Crippen molar-refractivity contribution in [3.63, 3.8) is 0 Å². The van der Waals surface area contributed by atoms with Crippen LogP contribution < -0.4 is 0 Å². The SMILES string of the molecule is CCN(Cc1ccc(C(=O)N(C)C)cc1)C(=O)C1CCN(C(=O)c2cccs2)CC1. The number of likely N-dealkylation sites (tertiary alicyclic amines) is 1. The minimum Gasteiger partial charge on any atom is -0.345 e. The lowest BCUT2D eigenvalue weighted by Crippen LogP contribution is -2.44. The summed E-state index contributed by atoms with van der Waals surface area (Å²) in [6, 6.07) is 11.2. The lowest BCUT2D eigenvalue weighted by molar-refractivity contribution is -0.137. The van der Waals surface area contributed by atoms with Crippen LogP contribution in [-0.2, 0) is 11.3 Å². The fraction of sp³-hybridized carbons (Fsp3) is 0.435. The lowest BCUT2D eigenvalue weighted by atomic mass is 9.94. The van der Waals surface area contributed by atoms with E-state index in [0.29, 0.717) is 44.6 Å². The topological polar surface area (TPSA) is 60.9 Å². The second-order valence-corrected chi connectivity index (χ2v) is 8.74. The average Bonchev–Trinajstić information content (AvgIpc) is 3.31. The molecule has 7 heteroatoms. The molecule has 0 aliphatic carbocycles. The number of amides is 3. The van der Waals surface area contributed by atoms with Crippen molar-refractivity contribution in [1.82, 2.24) is 14.7 Å². The first-order valence-electron chi connectivity index (χ1n) is 10.3. The number of thiophene rings is 1. The lowest BCUT2D eigenvalue weighted by Gasteiger charge is -2.34. The van der Waals surface area contributed by atoms with E-state index in [2.05, 4.69) is 0 Å². The molecule has 2 heterocycles. The highest BCUT2D eigenvalue weighted by Crippen LogP contribution is 2.23. The van der Waals surface area contributed by atoms with Gasteiger partial charge in [0, 0.05) is 51.8 Å². The van der Waals surface area contributed by atoms with Gasteiger partial charge in [0.15, 0.2) is 0 Å². The molecular weight excluding hydrogens is 398 g/mol. The molecule has 1 aromatic carbocycles. The van der Waals surface area contributed by atoms with E-state index in [1.807, 2.05) is 58.5 Å². The number of hydrogen-bond donors (Lipinski definition) is 0. The van der Waals surface area contributed by atoms with Gasteiger partial charge in [-0.1, -0.05) is 18.2 Å². The normalized spacial score (nSPS) is 14.4. The summed E-state index contributed by atoms with van der Waals surface area (Å²) in [5.41, 5.74) is 1.65. The maximum atomic E-state index is 13.1. The van der Waals surface area contributed by atoms with Gasteiger partial charge in [0.25, 0.3) is 11.8 Å². The molecule has 3 rings (SSSR count). The third kappa shape index (κ3) is 5.08. The standard InChI is InChI=1S/C23H29N3O3S/c1-4-25(16-17-7-9-18(10-8-17)21(27)24(2)3)22(28)19-11-13-26(14-12-19)23(29)20-6-5-15-30-20/h5-10,15,19H,4,11-14,16H2,1-3H3. The molecule has 2 aromatic rings. The first kappa shape index (κ1) is 22.0. The Labute approximate surface area is 182 Å². The summed E-state index contributed by atoms with van der Waals surface area (Å²) >= 11 is 1.46. The van der Waals surface area contributed by atoms with E-state index in [0.717, 1.165) is 10.4 Å². The van der Waals surface area contributed by atoms with E-state index in [-0.39, 0.29) is 23.6 Å². The molecule has 1 saturated heterocycles. The molecule has 0 radical (unpaired) electrons. The zero-order valence-electron chi connectivity index (χ0n) is 17.8. The molecule has 6 nitrogen and oxygen atoms in total. The van der Waals surface area contributed by atoms with Crippen LogP contribution in [0.4, 0.5) is 0 Å². The van der Waals surface area contributed by atoms with Crippen molar-refractivity contribution in [2.75, 3.05) is 33.7 Å². The van der Waals surface area contributed by atoms with Crippen LogP contribution in [-0.4, -0.2) is 66.2 Å². The second-order valence-electron chi connectivity index (χ2n) is 7.79. The number of carbonyl (C=O) groups is 3. The maximum absolute atomic E-state index is 13.1. The van der Waals surface area contributed by atoms with Gasteiger partial charge in [-0.2, -0.15) is 0 Å². The first-order chi connectivity index (χ1) is 14.4. The molecule has 1 fully saturated rings. The molecule has 0 N–H and O–H groups in total. The molecule has 0 saturated carbocycles. The Kier molecular flexibility index (Phi) is 7.26. The summed E-state index contributed by atoms with van der Waals surface area (Å²) in [6.07, 6.45) is 1.39. The molecule has 1 aliphatic rings. The largest absolute Gasteiger partial charge is 0.345 e. The number of carbonyl (C=O) groups excluding carboxylic acids is 3. The van der Waals surface area contributed by atoms with Gasteiger partial charge in [0.1, 0.15) is 0 Å². The van der Waals surface area contributed by atoms with E-state index in [1.165, 1.54) is 11.3 Å². The molecule has 0 bridgehead atoms. The van der Waals surface area contributed by atoms with Gasteiger partial charge in [-0.25, -0.2) is 0 Å². The van der Waals surface area contributed by atoms with E-state index in [9.17, 15) is 14.4 Å². The average molecular weight is 428 g/mol. The smallest absolute Gasteiger partial charge is 0.263 e. The molecular formula is C23H29N3O3S. The summed E-state index contributed by atoms with van der Waals surface area (Å²) in [4.78, 5) is 43.6. The van der Waals surface area contributed by atoms with E-state index < -0.39 is 0 Å². The zero-order chi connectivity index (χ0) is 21.7. The highest BCUT2D eigenvalue weighted by molar-refractivity contribution is 7.12. The van der Waals surface area contributed by atoms with Crippen LogP contribution in [0.2, 0.25) is 0 Å². The van der Waals surface area contributed by atoms with Crippen molar-refractivity contribution in [3.05, 3.63) is 57.8 Å². The highest BCUT2D eigenvalue weighted by atomic mass is 32.1. The number of piperidine rings is 1. The fourth-order valence-electron chi connectivity index (χ4n) is 3.72.